The quantitative estimate of drug-likeness (QED) is 0.516. The van der Waals surface area contributed by atoms with Crippen LogP contribution in [0.4, 0.5) is 0 Å². The third-order valence-electron chi connectivity index (χ3n) is 5.83. The normalized spacial score (nSPS) is 18.1. The predicted octanol–water partition coefficient (Wildman–Crippen LogP) is 1.03. The molecular weight excluding hydrogens is 452 g/mol. The Morgan fingerprint density at radius 3 is 2.56 bits per heavy atom. The Labute approximate surface area is 189 Å². The molecule has 9 nitrogen and oxygen atoms in total. The highest BCUT2D eigenvalue weighted by Gasteiger charge is 2.35. The molecule has 0 radical (unpaired) electrons. The van der Waals surface area contributed by atoms with E-state index in [1.54, 1.807) is 0 Å². The van der Waals surface area contributed by atoms with E-state index in [9.17, 15) is 23.4 Å². The first-order valence-corrected chi connectivity index (χ1v) is 13.1. The van der Waals surface area contributed by atoms with Gasteiger partial charge >= 0.3 is 0 Å². The third-order valence-corrected chi connectivity index (χ3v) is 8.54. The van der Waals surface area contributed by atoms with Crippen LogP contribution >= 0.6 is 11.3 Å². The number of piperidine rings is 1. The van der Waals surface area contributed by atoms with Gasteiger partial charge in [-0.05, 0) is 31.2 Å². The number of fused-ring (bicyclic) bond motifs is 1. The van der Waals surface area contributed by atoms with Gasteiger partial charge in [-0.25, -0.2) is 18.4 Å². The first kappa shape index (κ1) is 23.0. The van der Waals surface area contributed by atoms with E-state index in [0.717, 1.165) is 24.0 Å². The minimum atomic E-state index is -3.53. The maximum atomic E-state index is 12.8. The highest BCUT2D eigenvalue weighted by Crippen LogP contribution is 2.26. The number of aromatic nitrogens is 3. The van der Waals surface area contributed by atoms with Crippen molar-refractivity contribution < 1.29 is 18.6 Å². The van der Waals surface area contributed by atoms with Crippen LogP contribution in [0.1, 0.15) is 24.8 Å². The summed E-state index contributed by atoms with van der Waals surface area (Å²) >= 11 is 0.796. The van der Waals surface area contributed by atoms with Gasteiger partial charge in [0, 0.05) is 19.3 Å². The topological polar surface area (TPSA) is 126 Å². The van der Waals surface area contributed by atoms with Crippen molar-refractivity contribution in [3.63, 3.8) is 0 Å². The average Bonchev–Trinajstić information content (AvgIpc) is 3.21. The molecule has 1 aliphatic rings. The van der Waals surface area contributed by atoms with Gasteiger partial charge in [0.2, 0.25) is 14.2 Å². The van der Waals surface area contributed by atoms with Crippen LogP contribution in [0.5, 0.6) is 0 Å². The number of hydrogen-bond acceptors (Lipinski definition) is 9. The molecular formula is C21H26N4O5S2. The molecule has 2 N–H and O–H groups in total. The average molecular weight is 479 g/mol. The lowest BCUT2D eigenvalue weighted by atomic mass is 9.91. The summed E-state index contributed by atoms with van der Waals surface area (Å²) in [5.41, 5.74) is -0.260. The van der Waals surface area contributed by atoms with Gasteiger partial charge in [0.25, 0.3) is 5.56 Å². The van der Waals surface area contributed by atoms with Crippen molar-refractivity contribution >= 4 is 31.5 Å². The minimum Gasteiger partial charge on any atom is -0.388 e. The van der Waals surface area contributed by atoms with Crippen LogP contribution in [0.25, 0.3) is 10.3 Å². The van der Waals surface area contributed by atoms with Crippen molar-refractivity contribution in [2.45, 2.75) is 48.4 Å². The number of rotatable bonds is 7. The molecule has 172 valence electrons. The van der Waals surface area contributed by atoms with Crippen molar-refractivity contribution in [2.75, 3.05) is 19.3 Å². The third kappa shape index (κ3) is 5.07. The van der Waals surface area contributed by atoms with Crippen molar-refractivity contribution in [3.8, 4) is 0 Å². The number of sulfone groups is 1. The van der Waals surface area contributed by atoms with E-state index >= 15 is 0 Å². The zero-order chi connectivity index (χ0) is 22.9. The largest absolute Gasteiger partial charge is 0.388 e. The number of likely N-dealkylation sites (tertiary alicyclic amines) is 1. The molecule has 2 aromatic heterocycles. The fourth-order valence-electron chi connectivity index (χ4n) is 3.93. The number of hydrogen-bond donors (Lipinski definition) is 2. The van der Waals surface area contributed by atoms with E-state index in [1.807, 2.05) is 35.2 Å². The molecule has 3 aromatic rings. The first-order valence-electron chi connectivity index (χ1n) is 10.4. The molecule has 1 atom stereocenters. The Morgan fingerprint density at radius 1 is 1.22 bits per heavy atom. The number of thiazole rings is 1. The number of aliphatic hydroxyl groups excluding tert-OH is 1. The van der Waals surface area contributed by atoms with Crippen LogP contribution in [0.2, 0.25) is 0 Å². The van der Waals surface area contributed by atoms with Crippen LogP contribution in [-0.2, 0) is 22.8 Å². The van der Waals surface area contributed by atoms with Crippen molar-refractivity contribution in [2.24, 2.45) is 0 Å². The second-order valence-electron chi connectivity index (χ2n) is 8.35. The molecule has 1 unspecified atom stereocenters. The number of aryl methyl sites for hydroxylation is 1. The summed E-state index contributed by atoms with van der Waals surface area (Å²) in [6, 6.07) is 9.98. The molecule has 0 aliphatic carbocycles. The summed E-state index contributed by atoms with van der Waals surface area (Å²) in [4.78, 5) is 22.8. The Bertz CT molecular complexity index is 1250. The lowest BCUT2D eigenvalue weighted by Crippen LogP contribution is -2.51. The predicted molar refractivity (Wildman–Crippen MR) is 121 cm³/mol. The monoisotopic (exact) mass is 478 g/mol. The SMILES string of the molecule is CS(=O)(=O)c1nc2ncn(CC3(O)CCN(C(O)CCc4ccccc4)CC3)c(=O)c2s1. The number of nitrogens with zero attached hydrogens (tertiary/aromatic N) is 4. The molecule has 11 heteroatoms. The summed E-state index contributed by atoms with van der Waals surface area (Å²) in [7, 11) is -3.53. The maximum absolute atomic E-state index is 12.8. The van der Waals surface area contributed by atoms with Crippen LogP contribution in [0.15, 0.2) is 45.8 Å². The fourth-order valence-corrected chi connectivity index (χ4v) is 5.74. The van der Waals surface area contributed by atoms with Gasteiger partial charge in [-0.3, -0.25) is 14.3 Å². The highest BCUT2D eigenvalue weighted by atomic mass is 32.2. The second-order valence-corrected chi connectivity index (χ2v) is 11.5. The summed E-state index contributed by atoms with van der Waals surface area (Å²) in [5, 5.41) is 21.6. The van der Waals surface area contributed by atoms with E-state index < -0.39 is 27.2 Å². The summed E-state index contributed by atoms with van der Waals surface area (Å²) in [6.07, 6.45) is 3.93. The van der Waals surface area contributed by atoms with Crippen LogP contribution < -0.4 is 5.56 Å². The zero-order valence-corrected chi connectivity index (χ0v) is 19.3. The van der Waals surface area contributed by atoms with Gasteiger partial charge in [-0.15, -0.1) is 0 Å². The van der Waals surface area contributed by atoms with Gasteiger partial charge in [-0.1, -0.05) is 41.7 Å². The smallest absolute Gasteiger partial charge is 0.273 e. The standard InChI is InChI=1S/C21H26N4O5S2/c1-32(29,30)20-23-18-17(31-20)19(27)25(14-22-18)13-21(28)9-11-24(12-10-21)16(26)8-7-15-5-3-2-4-6-15/h2-6,14,16,26,28H,7-13H2,1H3. The molecule has 0 bridgehead atoms. The molecule has 1 aromatic carbocycles. The molecule has 1 aliphatic heterocycles. The Balaban J connectivity index is 1.40. The lowest BCUT2D eigenvalue weighted by Gasteiger charge is -2.40. The van der Waals surface area contributed by atoms with Gasteiger partial charge in [-0.2, -0.15) is 0 Å². The van der Waals surface area contributed by atoms with E-state index in [-0.39, 0.29) is 21.2 Å². The zero-order valence-electron chi connectivity index (χ0n) is 17.7. The van der Waals surface area contributed by atoms with E-state index in [4.69, 9.17) is 0 Å². The second kappa shape index (κ2) is 8.99. The molecule has 0 spiro atoms. The molecule has 32 heavy (non-hydrogen) atoms. The van der Waals surface area contributed by atoms with Crippen molar-refractivity contribution in [1.82, 2.24) is 19.4 Å². The van der Waals surface area contributed by atoms with Crippen LogP contribution in [0, 0.1) is 0 Å². The van der Waals surface area contributed by atoms with Crippen molar-refractivity contribution in [3.05, 3.63) is 52.6 Å². The van der Waals surface area contributed by atoms with Crippen LogP contribution in [0.3, 0.4) is 0 Å². The van der Waals surface area contributed by atoms with E-state index in [1.165, 1.54) is 16.5 Å². The van der Waals surface area contributed by atoms with Crippen molar-refractivity contribution in [1.29, 1.82) is 0 Å². The Hall–Kier alpha value is -2.18. The van der Waals surface area contributed by atoms with Crippen LogP contribution in [-0.4, -0.2) is 69.2 Å². The van der Waals surface area contributed by atoms with Gasteiger partial charge in [0.1, 0.15) is 17.3 Å². The molecule has 0 amide bonds. The molecule has 1 fully saturated rings. The lowest BCUT2D eigenvalue weighted by molar-refractivity contribution is -0.0826. The van der Waals surface area contributed by atoms with Gasteiger partial charge < -0.3 is 10.2 Å². The van der Waals surface area contributed by atoms with Gasteiger partial charge in [0.05, 0.1) is 12.1 Å². The van der Waals surface area contributed by atoms with Gasteiger partial charge in [0.15, 0.2) is 5.65 Å². The summed E-state index contributed by atoms with van der Waals surface area (Å²) in [6.45, 7) is 1.07. The maximum Gasteiger partial charge on any atom is 0.273 e. The summed E-state index contributed by atoms with van der Waals surface area (Å²) < 4.78 is 24.8. The Morgan fingerprint density at radius 2 is 1.91 bits per heavy atom. The molecule has 1 saturated heterocycles. The Kier molecular flexibility index (Phi) is 6.46. The first-order chi connectivity index (χ1) is 15.1. The minimum absolute atomic E-state index is 0.0504. The van der Waals surface area contributed by atoms with E-state index in [2.05, 4.69) is 9.97 Å². The summed E-state index contributed by atoms with van der Waals surface area (Å²) in [5.74, 6) is 0. The molecule has 0 saturated carbocycles. The number of benzene rings is 1. The van der Waals surface area contributed by atoms with E-state index in [0.29, 0.717) is 32.4 Å². The number of aliphatic hydroxyl groups is 2. The molecule has 4 rings (SSSR count). The molecule has 3 heterocycles. The highest BCUT2D eigenvalue weighted by molar-refractivity contribution is 7.92. The fraction of sp³-hybridized carbons (Fsp3) is 0.476.